The second kappa shape index (κ2) is 8.14. The fraction of sp³-hybridized carbons (Fsp3) is 0.250. The van der Waals surface area contributed by atoms with Gasteiger partial charge in [0.25, 0.3) is 0 Å². The molecule has 0 unspecified atom stereocenters. The highest BCUT2D eigenvalue weighted by molar-refractivity contribution is 6.00. The van der Waals surface area contributed by atoms with Crippen LogP contribution >= 0.6 is 0 Å². The van der Waals surface area contributed by atoms with Crippen molar-refractivity contribution in [3.63, 3.8) is 0 Å². The van der Waals surface area contributed by atoms with Crippen LogP contribution in [-0.4, -0.2) is 34.0 Å². The second-order valence-electron chi connectivity index (χ2n) is 7.50. The first-order valence-electron chi connectivity index (χ1n) is 9.92. The molecule has 154 valence electrons. The Morgan fingerprint density at radius 1 is 1.20 bits per heavy atom. The van der Waals surface area contributed by atoms with Gasteiger partial charge in [-0.25, -0.2) is 9.37 Å². The number of methoxy groups -OCH3 is 1. The van der Waals surface area contributed by atoms with Gasteiger partial charge in [-0.2, -0.15) is 0 Å². The monoisotopic (exact) mass is 405 g/mol. The predicted molar refractivity (Wildman–Crippen MR) is 114 cm³/mol. The smallest absolute Gasteiger partial charge is 0.250 e. The quantitative estimate of drug-likeness (QED) is 0.578. The standard InChI is InChI=1S/C24H24FN3O2/c1-16-14-27(15-26-16)22-9-4-18(13-23(22)30-3)12-20-10-11-28(24(20)29)17(2)19-5-7-21(25)8-6-19/h4-9,12-15,17H,10-11H2,1-3H3/t17-/m0/s1. The van der Waals surface area contributed by atoms with E-state index in [1.54, 1.807) is 25.6 Å². The molecule has 0 bridgehead atoms. The van der Waals surface area contributed by atoms with E-state index in [0.717, 1.165) is 28.1 Å². The van der Waals surface area contributed by atoms with Crippen LogP contribution in [0.25, 0.3) is 11.8 Å². The molecule has 0 aliphatic carbocycles. The van der Waals surface area contributed by atoms with Gasteiger partial charge in [0.2, 0.25) is 5.91 Å². The van der Waals surface area contributed by atoms with Crippen molar-refractivity contribution in [1.82, 2.24) is 14.5 Å². The molecule has 0 spiro atoms. The molecule has 0 saturated carbocycles. The zero-order valence-electron chi connectivity index (χ0n) is 17.3. The molecule has 0 N–H and O–H groups in total. The van der Waals surface area contributed by atoms with E-state index >= 15 is 0 Å². The molecule has 2 heterocycles. The first kappa shape index (κ1) is 19.9. The Hall–Kier alpha value is -3.41. The van der Waals surface area contributed by atoms with Crippen LogP contribution in [-0.2, 0) is 4.79 Å². The molecule has 6 heteroatoms. The number of rotatable bonds is 5. The lowest BCUT2D eigenvalue weighted by Gasteiger charge is -2.24. The number of ether oxygens (including phenoxy) is 1. The number of imidazole rings is 1. The largest absolute Gasteiger partial charge is 0.495 e. The van der Waals surface area contributed by atoms with Gasteiger partial charge in [0, 0.05) is 18.3 Å². The molecule has 5 nitrogen and oxygen atoms in total. The molecule has 30 heavy (non-hydrogen) atoms. The summed E-state index contributed by atoms with van der Waals surface area (Å²) in [6, 6.07) is 12.1. The van der Waals surface area contributed by atoms with E-state index in [2.05, 4.69) is 4.98 Å². The fourth-order valence-corrected chi connectivity index (χ4v) is 3.81. The first-order chi connectivity index (χ1) is 14.5. The zero-order valence-corrected chi connectivity index (χ0v) is 17.3. The predicted octanol–water partition coefficient (Wildman–Crippen LogP) is 4.71. The number of carbonyl (C=O) groups excluding carboxylic acids is 1. The summed E-state index contributed by atoms with van der Waals surface area (Å²) < 4.78 is 20.7. The minimum atomic E-state index is -0.275. The maximum absolute atomic E-state index is 13.2. The van der Waals surface area contributed by atoms with Gasteiger partial charge in [-0.05, 0) is 61.7 Å². The second-order valence-corrected chi connectivity index (χ2v) is 7.50. The third kappa shape index (κ3) is 3.85. The maximum atomic E-state index is 13.2. The third-order valence-corrected chi connectivity index (χ3v) is 5.51. The summed E-state index contributed by atoms with van der Waals surface area (Å²) in [6.07, 6.45) is 6.28. The average Bonchev–Trinajstić information content (AvgIpc) is 3.34. The lowest BCUT2D eigenvalue weighted by Crippen LogP contribution is -2.28. The number of carbonyl (C=O) groups is 1. The number of aromatic nitrogens is 2. The molecule has 1 atom stereocenters. The summed E-state index contributed by atoms with van der Waals surface area (Å²) in [6.45, 7) is 4.55. The first-order valence-corrected chi connectivity index (χ1v) is 9.92. The average molecular weight is 405 g/mol. The highest BCUT2D eigenvalue weighted by Crippen LogP contribution is 2.31. The van der Waals surface area contributed by atoms with Gasteiger partial charge in [-0.3, -0.25) is 4.79 Å². The number of likely N-dealkylation sites (tertiary alicyclic amines) is 1. The number of aryl methyl sites for hydroxylation is 1. The molecular formula is C24H24FN3O2. The van der Waals surface area contributed by atoms with Crippen LogP contribution in [0.1, 0.15) is 36.2 Å². The molecule has 1 amide bonds. The minimum Gasteiger partial charge on any atom is -0.495 e. The molecule has 1 aliphatic rings. The minimum absolute atomic E-state index is 0.0140. The summed E-state index contributed by atoms with van der Waals surface area (Å²) in [5.41, 5.74) is 4.41. The number of benzene rings is 2. The lowest BCUT2D eigenvalue weighted by atomic mass is 10.1. The van der Waals surface area contributed by atoms with Gasteiger partial charge in [-0.15, -0.1) is 0 Å². The summed E-state index contributed by atoms with van der Waals surface area (Å²) in [5, 5.41) is 0. The molecular weight excluding hydrogens is 381 g/mol. The summed E-state index contributed by atoms with van der Waals surface area (Å²) in [5.74, 6) is 0.450. The summed E-state index contributed by atoms with van der Waals surface area (Å²) in [7, 11) is 1.63. The Kier molecular flexibility index (Phi) is 5.40. The van der Waals surface area contributed by atoms with Crippen molar-refractivity contribution < 1.29 is 13.9 Å². The Bertz CT molecular complexity index is 1100. The van der Waals surface area contributed by atoms with Gasteiger partial charge in [-0.1, -0.05) is 18.2 Å². The van der Waals surface area contributed by atoms with Gasteiger partial charge in [0.1, 0.15) is 11.6 Å². The molecule has 3 aromatic rings. The number of nitrogens with zero attached hydrogens (tertiary/aromatic N) is 3. The Morgan fingerprint density at radius 2 is 1.97 bits per heavy atom. The Balaban J connectivity index is 1.56. The highest BCUT2D eigenvalue weighted by atomic mass is 19.1. The maximum Gasteiger partial charge on any atom is 0.250 e. The van der Waals surface area contributed by atoms with E-state index in [0.29, 0.717) is 18.7 Å². The van der Waals surface area contributed by atoms with Crippen LogP contribution in [0, 0.1) is 12.7 Å². The van der Waals surface area contributed by atoms with E-state index in [1.807, 2.05) is 53.8 Å². The number of amides is 1. The molecule has 1 aliphatic heterocycles. The fourth-order valence-electron chi connectivity index (χ4n) is 3.81. The number of halogens is 1. The topological polar surface area (TPSA) is 47.4 Å². The molecule has 1 saturated heterocycles. The van der Waals surface area contributed by atoms with Crippen molar-refractivity contribution in [3.8, 4) is 11.4 Å². The molecule has 4 rings (SSSR count). The van der Waals surface area contributed by atoms with Crippen LogP contribution in [0.5, 0.6) is 5.75 Å². The van der Waals surface area contributed by atoms with Crippen LogP contribution < -0.4 is 4.74 Å². The Morgan fingerprint density at radius 3 is 2.63 bits per heavy atom. The molecule has 1 aromatic heterocycles. The van der Waals surface area contributed by atoms with E-state index in [1.165, 1.54) is 12.1 Å². The normalized spacial score (nSPS) is 16.3. The SMILES string of the molecule is COc1cc(C=C2CCN([C@@H](C)c3ccc(F)cc3)C2=O)ccc1-n1cnc(C)c1. The highest BCUT2D eigenvalue weighted by Gasteiger charge is 2.30. The summed E-state index contributed by atoms with van der Waals surface area (Å²) in [4.78, 5) is 19.1. The van der Waals surface area contributed by atoms with E-state index in [9.17, 15) is 9.18 Å². The molecule has 0 radical (unpaired) electrons. The van der Waals surface area contributed by atoms with E-state index in [-0.39, 0.29) is 17.8 Å². The van der Waals surface area contributed by atoms with Crippen molar-refractivity contribution in [1.29, 1.82) is 0 Å². The van der Waals surface area contributed by atoms with Crippen molar-refractivity contribution in [2.75, 3.05) is 13.7 Å². The van der Waals surface area contributed by atoms with Gasteiger partial charge < -0.3 is 14.2 Å². The number of hydrogen-bond donors (Lipinski definition) is 0. The Labute approximate surface area is 175 Å². The third-order valence-electron chi connectivity index (χ3n) is 5.51. The van der Waals surface area contributed by atoms with Gasteiger partial charge >= 0.3 is 0 Å². The van der Waals surface area contributed by atoms with E-state index < -0.39 is 0 Å². The van der Waals surface area contributed by atoms with Crippen molar-refractivity contribution in [3.05, 3.63) is 83.2 Å². The van der Waals surface area contributed by atoms with Gasteiger partial charge in [0.05, 0.1) is 30.9 Å². The van der Waals surface area contributed by atoms with Crippen molar-refractivity contribution in [2.45, 2.75) is 26.3 Å². The lowest BCUT2D eigenvalue weighted by molar-refractivity contribution is -0.126. The van der Waals surface area contributed by atoms with Crippen LogP contribution in [0.4, 0.5) is 4.39 Å². The van der Waals surface area contributed by atoms with Crippen LogP contribution in [0.2, 0.25) is 0 Å². The number of hydrogen-bond acceptors (Lipinski definition) is 3. The van der Waals surface area contributed by atoms with Crippen molar-refractivity contribution in [2.24, 2.45) is 0 Å². The van der Waals surface area contributed by atoms with Gasteiger partial charge in [0.15, 0.2) is 0 Å². The van der Waals surface area contributed by atoms with Crippen molar-refractivity contribution >= 4 is 12.0 Å². The zero-order chi connectivity index (χ0) is 21.3. The molecule has 2 aromatic carbocycles. The summed E-state index contributed by atoms with van der Waals surface area (Å²) >= 11 is 0. The van der Waals surface area contributed by atoms with E-state index in [4.69, 9.17) is 4.74 Å². The van der Waals surface area contributed by atoms with Crippen LogP contribution in [0.3, 0.4) is 0 Å². The van der Waals surface area contributed by atoms with Crippen LogP contribution in [0.15, 0.2) is 60.6 Å². The molecule has 1 fully saturated rings.